The molecule has 14 heavy (non-hydrogen) atoms. The van der Waals surface area contributed by atoms with Crippen molar-refractivity contribution in [2.24, 2.45) is 23.1 Å². The topological polar surface area (TPSA) is 78.1 Å². The van der Waals surface area contributed by atoms with Gasteiger partial charge in [0, 0.05) is 0 Å². The third kappa shape index (κ3) is 59.1. The van der Waals surface area contributed by atoms with Crippen molar-refractivity contribution in [2.45, 2.75) is 40.0 Å². The lowest BCUT2D eigenvalue weighted by atomic mass is 10.1. The molecule has 91 valence electrons. The van der Waals surface area contributed by atoms with Crippen LogP contribution >= 0.6 is 0 Å². The highest BCUT2D eigenvalue weighted by atomic mass is 14.4. The van der Waals surface area contributed by atoms with Gasteiger partial charge in [-0.05, 0) is 39.9 Å². The zero-order valence-corrected chi connectivity index (χ0v) is 11.0. The summed E-state index contributed by atoms with van der Waals surface area (Å²) in [6.45, 7) is 6.69. The molecule has 0 aromatic carbocycles. The second-order valence-electron chi connectivity index (χ2n) is 2.62. The summed E-state index contributed by atoms with van der Waals surface area (Å²) < 4.78 is 0. The maximum absolute atomic E-state index is 4.50. The molecule has 0 rings (SSSR count). The summed E-state index contributed by atoms with van der Waals surface area (Å²) in [4.78, 5) is 0. The highest BCUT2D eigenvalue weighted by Crippen LogP contribution is 2.05. The monoisotopic (exact) mass is 206 g/mol. The van der Waals surface area contributed by atoms with Gasteiger partial charge in [-0.15, -0.1) is 0 Å². The molecule has 6 N–H and O–H groups in total. The number of rotatable bonds is 4. The standard InChI is InChI=1S/C8H17.3CH5N/c1-4-5-6-7-8(2)3;3*1-2/h7-8H,4-6H2,1-3H3;3*2H2,1H3. The third-order valence-electron chi connectivity index (χ3n) is 1.20. The first kappa shape index (κ1) is 23.6. The molecule has 0 aliphatic carbocycles. The Balaban J connectivity index is -0.0000000708. The van der Waals surface area contributed by atoms with Gasteiger partial charge in [0.25, 0.3) is 0 Å². The molecule has 0 aliphatic rings. The molecule has 0 spiro atoms. The van der Waals surface area contributed by atoms with E-state index in [1.807, 2.05) is 0 Å². The van der Waals surface area contributed by atoms with Crippen LogP contribution in [0.25, 0.3) is 0 Å². The highest BCUT2D eigenvalue weighted by Gasteiger charge is 1.91. The minimum absolute atomic E-state index is 0.779. The van der Waals surface area contributed by atoms with Gasteiger partial charge >= 0.3 is 0 Å². The van der Waals surface area contributed by atoms with E-state index in [4.69, 9.17) is 0 Å². The van der Waals surface area contributed by atoms with E-state index in [9.17, 15) is 0 Å². The van der Waals surface area contributed by atoms with Gasteiger partial charge < -0.3 is 17.2 Å². The molecule has 1 radical (unpaired) electrons. The summed E-state index contributed by atoms with van der Waals surface area (Å²) in [5, 5.41) is 0. The molecule has 0 aliphatic heterocycles. The van der Waals surface area contributed by atoms with Gasteiger partial charge in [0.15, 0.2) is 0 Å². The Labute approximate surface area is 91.4 Å². The zero-order valence-electron chi connectivity index (χ0n) is 11.0. The van der Waals surface area contributed by atoms with E-state index in [-0.39, 0.29) is 0 Å². The van der Waals surface area contributed by atoms with Crippen molar-refractivity contribution in [3.05, 3.63) is 6.42 Å². The number of hydrogen-bond donors (Lipinski definition) is 3. The lowest BCUT2D eigenvalue weighted by Gasteiger charge is -2.00. The van der Waals surface area contributed by atoms with Crippen molar-refractivity contribution in [1.29, 1.82) is 0 Å². The Morgan fingerprint density at radius 2 is 1.29 bits per heavy atom. The van der Waals surface area contributed by atoms with Crippen LogP contribution in [0.5, 0.6) is 0 Å². The maximum Gasteiger partial charge on any atom is -0.0195 e. The zero-order chi connectivity index (χ0) is 12.4. The highest BCUT2D eigenvalue weighted by molar-refractivity contribution is 4.67. The van der Waals surface area contributed by atoms with Gasteiger partial charge in [-0.25, -0.2) is 0 Å². The average Bonchev–Trinajstić information content (AvgIpc) is 2.27. The molecule has 0 bridgehead atoms. The maximum atomic E-state index is 4.50. The quantitative estimate of drug-likeness (QED) is 0.613. The van der Waals surface area contributed by atoms with Crippen molar-refractivity contribution < 1.29 is 0 Å². The Kier molecular flexibility index (Phi) is 64.7. The summed E-state index contributed by atoms with van der Waals surface area (Å²) in [5.41, 5.74) is 13.5. The third-order valence-corrected chi connectivity index (χ3v) is 1.20. The normalized spacial score (nSPS) is 7.29. The smallest absolute Gasteiger partial charge is 0.0195 e. The molecule has 0 amide bonds. The number of unbranched alkanes of at least 4 members (excludes halogenated alkanes) is 2. The molecule has 0 unspecified atom stereocenters. The van der Waals surface area contributed by atoms with E-state index in [0.29, 0.717) is 0 Å². The summed E-state index contributed by atoms with van der Waals surface area (Å²) in [7, 11) is 4.50. The first-order valence-electron chi connectivity index (χ1n) is 5.34. The largest absolute Gasteiger partial charge is 0.333 e. The summed E-state index contributed by atoms with van der Waals surface area (Å²) in [6, 6.07) is 0. The van der Waals surface area contributed by atoms with Gasteiger partial charge in [-0.3, -0.25) is 0 Å². The van der Waals surface area contributed by atoms with Crippen LogP contribution in [0.1, 0.15) is 40.0 Å². The minimum Gasteiger partial charge on any atom is -0.333 e. The van der Waals surface area contributed by atoms with Crippen LogP contribution in [-0.4, -0.2) is 21.1 Å². The van der Waals surface area contributed by atoms with E-state index < -0.39 is 0 Å². The molecule has 3 nitrogen and oxygen atoms in total. The Hall–Kier alpha value is -0.120. The van der Waals surface area contributed by atoms with Crippen LogP contribution in [-0.2, 0) is 0 Å². The molecular formula is C11H32N3. The fourth-order valence-corrected chi connectivity index (χ4v) is 0.655. The molecule has 0 saturated carbocycles. The van der Waals surface area contributed by atoms with Gasteiger partial charge in [-0.1, -0.05) is 33.6 Å². The van der Waals surface area contributed by atoms with Crippen LogP contribution in [0.15, 0.2) is 0 Å². The van der Waals surface area contributed by atoms with E-state index in [2.05, 4.69) is 44.4 Å². The summed E-state index contributed by atoms with van der Waals surface area (Å²) >= 11 is 0. The Morgan fingerprint density at radius 1 is 0.929 bits per heavy atom. The number of nitrogens with two attached hydrogens (primary N) is 3. The first-order valence-corrected chi connectivity index (χ1v) is 5.34. The van der Waals surface area contributed by atoms with Gasteiger partial charge in [0.1, 0.15) is 0 Å². The van der Waals surface area contributed by atoms with E-state index in [0.717, 1.165) is 5.92 Å². The van der Waals surface area contributed by atoms with Crippen molar-refractivity contribution in [3.8, 4) is 0 Å². The van der Waals surface area contributed by atoms with Gasteiger partial charge in [-0.2, -0.15) is 0 Å². The van der Waals surface area contributed by atoms with Gasteiger partial charge in [0.05, 0.1) is 0 Å². The van der Waals surface area contributed by atoms with E-state index in [1.54, 1.807) is 0 Å². The van der Waals surface area contributed by atoms with Crippen molar-refractivity contribution >= 4 is 0 Å². The van der Waals surface area contributed by atoms with Crippen LogP contribution < -0.4 is 17.2 Å². The molecular weight excluding hydrogens is 174 g/mol. The Bertz CT molecular complexity index is 47.8. The SMILES string of the molecule is CCCC[CH]C(C)C.CN.CN.CN. The Morgan fingerprint density at radius 3 is 1.50 bits per heavy atom. The van der Waals surface area contributed by atoms with E-state index >= 15 is 0 Å². The molecule has 0 fully saturated rings. The van der Waals surface area contributed by atoms with Crippen LogP contribution in [0.3, 0.4) is 0 Å². The molecule has 3 heteroatoms. The van der Waals surface area contributed by atoms with Crippen LogP contribution in [0.4, 0.5) is 0 Å². The molecule has 0 aromatic heterocycles. The van der Waals surface area contributed by atoms with Crippen molar-refractivity contribution in [1.82, 2.24) is 0 Å². The van der Waals surface area contributed by atoms with Crippen molar-refractivity contribution in [3.63, 3.8) is 0 Å². The average molecular weight is 206 g/mol. The van der Waals surface area contributed by atoms with E-state index in [1.165, 1.54) is 40.4 Å². The van der Waals surface area contributed by atoms with Crippen molar-refractivity contribution in [2.75, 3.05) is 21.1 Å². The summed E-state index contributed by atoms with van der Waals surface area (Å²) in [5.74, 6) is 0.779. The lowest BCUT2D eigenvalue weighted by Crippen LogP contribution is -1.86. The molecule has 0 atom stereocenters. The predicted octanol–water partition coefficient (Wildman–Crippen LogP) is 1.76. The lowest BCUT2D eigenvalue weighted by molar-refractivity contribution is 0.665. The van der Waals surface area contributed by atoms with Gasteiger partial charge in [0.2, 0.25) is 0 Å². The number of hydrogen-bond acceptors (Lipinski definition) is 3. The second-order valence-corrected chi connectivity index (χ2v) is 2.62. The van der Waals surface area contributed by atoms with Crippen LogP contribution in [0.2, 0.25) is 0 Å². The molecule has 0 heterocycles. The predicted molar refractivity (Wildman–Crippen MR) is 69.0 cm³/mol. The molecule has 0 aromatic rings. The fourth-order valence-electron chi connectivity index (χ4n) is 0.655. The first-order chi connectivity index (χ1) is 6.77. The fraction of sp³-hybridized carbons (Fsp3) is 0.909. The minimum atomic E-state index is 0.779. The molecule has 0 saturated heterocycles. The summed E-state index contributed by atoms with van der Waals surface area (Å²) in [6.07, 6.45) is 6.36. The van der Waals surface area contributed by atoms with Crippen LogP contribution in [0, 0.1) is 12.3 Å². The second kappa shape index (κ2) is 38.4.